The van der Waals surface area contributed by atoms with Crippen molar-refractivity contribution in [1.82, 2.24) is 34.7 Å². The number of amides is 1. The van der Waals surface area contributed by atoms with Gasteiger partial charge in [0, 0.05) is 66.5 Å². The van der Waals surface area contributed by atoms with E-state index in [4.69, 9.17) is 21.3 Å². The molecule has 3 aromatic heterocycles. The summed E-state index contributed by atoms with van der Waals surface area (Å²) in [5.41, 5.74) is 1.53. The van der Waals surface area contributed by atoms with Gasteiger partial charge in [0.05, 0.1) is 35.2 Å². The number of carbonyl (C=O) groups is 1. The fraction of sp³-hybridized carbons (Fsp3) is 0.375. The van der Waals surface area contributed by atoms with E-state index in [0.29, 0.717) is 58.2 Å². The number of rotatable bonds is 8. The molecule has 0 N–H and O–H groups in total. The van der Waals surface area contributed by atoms with E-state index in [0.717, 1.165) is 30.5 Å². The first kappa shape index (κ1) is 35.7. The highest BCUT2D eigenvalue weighted by molar-refractivity contribution is 6.36. The van der Waals surface area contributed by atoms with Gasteiger partial charge >= 0.3 is 6.01 Å². The Morgan fingerprint density at radius 2 is 1.94 bits per heavy atom. The second-order valence-electron chi connectivity index (χ2n) is 14.3. The molecule has 0 spiro atoms. The van der Waals surface area contributed by atoms with Crippen LogP contribution in [0.25, 0.3) is 39.0 Å². The lowest BCUT2D eigenvalue weighted by Gasteiger charge is -2.41. The first-order valence-electron chi connectivity index (χ1n) is 18.1. The number of anilines is 1. The molecule has 0 radical (unpaired) electrons. The molecule has 0 unspecified atom stereocenters. The number of benzene rings is 2. The second kappa shape index (κ2) is 14.5. The number of fused-ring (bicyclic) bond motifs is 3. The van der Waals surface area contributed by atoms with Crippen LogP contribution in [-0.4, -0.2) is 97.7 Å². The monoisotopic (exact) mass is 749 g/mol. The number of alkyl halides is 1. The Bertz CT molecular complexity index is 2330. The summed E-state index contributed by atoms with van der Waals surface area (Å²) >= 11 is 6.63. The molecule has 0 aliphatic carbocycles. The lowest BCUT2D eigenvalue weighted by atomic mass is 9.95. The van der Waals surface area contributed by atoms with Crippen molar-refractivity contribution in [1.29, 1.82) is 5.26 Å². The Morgan fingerprint density at radius 1 is 1.11 bits per heavy atom. The van der Waals surface area contributed by atoms with Crippen LogP contribution >= 0.6 is 11.6 Å². The highest BCUT2D eigenvalue weighted by Crippen LogP contribution is 2.41. The topological polar surface area (TPSA) is 124 Å². The Morgan fingerprint density at radius 3 is 2.76 bits per heavy atom. The predicted octanol–water partition coefficient (Wildman–Crippen LogP) is 6.64. The average Bonchev–Trinajstić information content (AvgIpc) is 3.68. The van der Waals surface area contributed by atoms with Crippen LogP contribution < -0.4 is 9.64 Å². The van der Waals surface area contributed by atoms with Crippen LogP contribution in [0.1, 0.15) is 42.9 Å². The Hall–Kier alpha value is -5.32. The van der Waals surface area contributed by atoms with Crippen molar-refractivity contribution in [3.8, 4) is 23.3 Å². The molecule has 54 heavy (non-hydrogen) atoms. The second-order valence-corrected chi connectivity index (χ2v) is 14.7. The van der Waals surface area contributed by atoms with Crippen molar-refractivity contribution < 1.29 is 18.3 Å². The summed E-state index contributed by atoms with van der Waals surface area (Å²) in [7, 11) is 0. The van der Waals surface area contributed by atoms with Crippen LogP contribution in [0.15, 0.2) is 54.7 Å². The minimum atomic E-state index is -0.944. The van der Waals surface area contributed by atoms with Gasteiger partial charge in [0.2, 0.25) is 5.91 Å². The summed E-state index contributed by atoms with van der Waals surface area (Å²) in [6.45, 7) is 5.83. The normalized spacial score (nSPS) is 21.6. The Kier molecular flexibility index (Phi) is 9.58. The SMILES string of the molecule is Cc1cc(/C=C/C(=O)N2CCN(c3nc(OC[C@@]45CCCN4C[C@H](F)C5)nc4c(F)c(-c5cccc6cccc(Cl)c56)ncc34)C[C@@H]2CC#N)nc(C)n1. The molecule has 3 fully saturated rings. The predicted molar refractivity (Wildman–Crippen MR) is 202 cm³/mol. The van der Waals surface area contributed by atoms with Crippen LogP contribution in [0.5, 0.6) is 6.01 Å². The number of halogens is 3. The molecule has 6 heterocycles. The fourth-order valence-electron chi connectivity index (χ4n) is 8.36. The van der Waals surface area contributed by atoms with Crippen LogP contribution in [0, 0.1) is 31.0 Å². The smallest absolute Gasteiger partial charge is 0.319 e. The number of hydrogen-bond donors (Lipinski definition) is 0. The molecule has 14 heteroatoms. The van der Waals surface area contributed by atoms with Crippen molar-refractivity contribution in [3.05, 3.63) is 82.8 Å². The van der Waals surface area contributed by atoms with E-state index >= 15 is 4.39 Å². The molecule has 3 atom stereocenters. The highest BCUT2D eigenvalue weighted by Gasteiger charge is 2.49. The first-order chi connectivity index (χ1) is 26.1. The number of aryl methyl sites for hydroxylation is 2. The van der Waals surface area contributed by atoms with Gasteiger partial charge in [0.15, 0.2) is 5.82 Å². The number of ether oxygens (including phenoxy) is 1. The molecule has 5 aromatic rings. The molecule has 276 valence electrons. The van der Waals surface area contributed by atoms with Crippen molar-refractivity contribution in [2.75, 3.05) is 44.2 Å². The molecule has 3 saturated heterocycles. The third kappa shape index (κ3) is 6.69. The van der Waals surface area contributed by atoms with Crippen molar-refractivity contribution in [2.24, 2.45) is 0 Å². The highest BCUT2D eigenvalue weighted by atomic mass is 35.5. The molecule has 3 aliphatic rings. The number of carbonyl (C=O) groups excluding carboxylic acids is 1. The number of nitriles is 1. The summed E-state index contributed by atoms with van der Waals surface area (Å²) in [6, 6.07) is 14.5. The number of aromatic nitrogens is 5. The van der Waals surface area contributed by atoms with Crippen LogP contribution in [0.4, 0.5) is 14.6 Å². The summed E-state index contributed by atoms with van der Waals surface area (Å²) in [6.07, 6.45) is 5.87. The van der Waals surface area contributed by atoms with Gasteiger partial charge in [-0.2, -0.15) is 15.2 Å². The van der Waals surface area contributed by atoms with E-state index in [1.54, 1.807) is 42.3 Å². The van der Waals surface area contributed by atoms with E-state index in [-0.39, 0.29) is 49.2 Å². The molecular formula is C40H38ClF2N9O2. The largest absolute Gasteiger partial charge is 0.461 e. The maximum absolute atomic E-state index is 16.9. The average molecular weight is 750 g/mol. The minimum absolute atomic E-state index is 0.00772. The van der Waals surface area contributed by atoms with Gasteiger partial charge < -0.3 is 14.5 Å². The maximum Gasteiger partial charge on any atom is 0.319 e. The van der Waals surface area contributed by atoms with Crippen LogP contribution in [-0.2, 0) is 4.79 Å². The number of pyridine rings is 1. The zero-order chi connectivity index (χ0) is 37.6. The lowest BCUT2D eigenvalue weighted by Crippen LogP contribution is -2.55. The third-order valence-electron chi connectivity index (χ3n) is 10.8. The number of hydrogen-bond acceptors (Lipinski definition) is 10. The molecule has 2 aromatic carbocycles. The number of nitrogens with zero attached hydrogens (tertiary/aromatic N) is 9. The van der Waals surface area contributed by atoms with Gasteiger partial charge in [-0.05, 0) is 56.8 Å². The van der Waals surface area contributed by atoms with Crippen LogP contribution in [0.3, 0.4) is 0 Å². The van der Waals surface area contributed by atoms with Crippen molar-refractivity contribution in [3.63, 3.8) is 0 Å². The molecule has 3 aliphatic heterocycles. The summed E-state index contributed by atoms with van der Waals surface area (Å²) < 4.78 is 37.9. The van der Waals surface area contributed by atoms with E-state index < -0.39 is 23.6 Å². The lowest BCUT2D eigenvalue weighted by molar-refractivity contribution is -0.128. The number of piperazine rings is 1. The van der Waals surface area contributed by atoms with E-state index in [1.807, 2.05) is 36.1 Å². The van der Waals surface area contributed by atoms with Gasteiger partial charge in [0.25, 0.3) is 0 Å². The quantitative estimate of drug-likeness (QED) is 0.160. The summed E-state index contributed by atoms with van der Waals surface area (Å²) in [4.78, 5) is 42.0. The molecule has 0 saturated carbocycles. The minimum Gasteiger partial charge on any atom is -0.461 e. The summed E-state index contributed by atoms with van der Waals surface area (Å²) in [5, 5.41) is 12.1. The maximum atomic E-state index is 16.9. The molecular weight excluding hydrogens is 712 g/mol. The van der Waals surface area contributed by atoms with Gasteiger partial charge in [-0.25, -0.2) is 18.7 Å². The first-order valence-corrected chi connectivity index (χ1v) is 18.5. The van der Waals surface area contributed by atoms with E-state index in [9.17, 15) is 14.4 Å². The fourth-order valence-corrected chi connectivity index (χ4v) is 8.64. The molecule has 1 amide bonds. The Labute approximate surface area is 316 Å². The Balaban J connectivity index is 1.16. The molecule has 0 bridgehead atoms. The zero-order valence-corrected chi connectivity index (χ0v) is 30.7. The van der Waals surface area contributed by atoms with Gasteiger partial charge in [0.1, 0.15) is 35.6 Å². The summed E-state index contributed by atoms with van der Waals surface area (Å²) in [5.74, 6) is 0.0561. The van der Waals surface area contributed by atoms with Gasteiger partial charge in [-0.15, -0.1) is 0 Å². The van der Waals surface area contributed by atoms with Crippen LogP contribution in [0.2, 0.25) is 5.02 Å². The molecule has 8 rings (SSSR count). The third-order valence-corrected chi connectivity index (χ3v) is 11.1. The van der Waals surface area contributed by atoms with Gasteiger partial charge in [-0.1, -0.05) is 41.9 Å². The standard InChI is InChI=1S/C40H38ClF2N9O2/c1-24-18-28(47-25(2)46-24)10-11-33(53)52-17-16-50(22-29(52)12-14-44)38-31-20-45-36(30-8-3-6-26-7-4-9-32(41)34(26)30)35(43)37(31)48-39(49-38)54-23-40-13-5-15-51(40)21-27(42)19-40/h3-4,6-11,18,20,27,29H,5,12-13,15-17,19,21-23H2,1-2H3/b11-10+/t27-,29+,40+/m1/s1. The van der Waals surface area contributed by atoms with Gasteiger partial charge in [-0.3, -0.25) is 14.7 Å². The van der Waals surface area contributed by atoms with E-state index in [2.05, 4.69) is 30.9 Å². The van der Waals surface area contributed by atoms with E-state index in [1.165, 1.54) is 6.08 Å². The zero-order valence-electron chi connectivity index (χ0n) is 30.0. The van der Waals surface area contributed by atoms with Crippen molar-refractivity contribution >= 4 is 51.1 Å². The molecule has 11 nitrogen and oxygen atoms in total. The van der Waals surface area contributed by atoms with Crippen molar-refractivity contribution in [2.45, 2.75) is 57.3 Å².